The summed E-state index contributed by atoms with van der Waals surface area (Å²) < 4.78 is 2.06. The van der Waals surface area contributed by atoms with E-state index in [1.165, 1.54) is 12.8 Å². The molecule has 0 saturated carbocycles. The van der Waals surface area contributed by atoms with E-state index in [1.54, 1.807) is 0 Å². The van der Waals surface area contributed by atoms with E-state index in [2.05, 4.69) is 26.7 Å². The second-order valence-electron chi connectivity index (χ2n) is 6.45. The van der Waals surface area contributed by atoms with E-state index in [-0.39, 0.29) is 12.1 Å². The average Bonchev–Trinajstić information content (AvgIpc) is 3.14. The fourth-order valence-electron chi connectivity index (χ4n) is 3.30. The summed E-state index contributed by atoms with van der Waals surface area (Å²) in [5.41, 5.74) is 1.97. The van der Waals surface area contributed by atoms with E-state index in [0.717, 1.165) is 36.5 Å². The molecule has 126 valence electrons. The number of aliphatic hydroxyl groups excluding tert-OH is 1. The molecular formula is C17H25ClN4O. The largest absolute Gasteiger partial charge is 0.390 e. The van der Waals surface area contributed by atoms with Crippen molar-refractivity contribution in [1.29, 1.82) is 0 Å². The summed E-state index contributed by atoms with van der Waals surface area (Å²) in [5.74, 6) is 0.954. The van der Waals surface area contributed by atoms with Crippen molar-refractivity contribution in [2.24, 2.45) is 7.05 Å². The SMILES string of the molecule is CC(NCC(O)CN1CCCC1)c1nc2ccc(Cl)cc2n1C. The first-order chi connectivity index (χ1) is 11.0. The predicted molar refractivity (Wildman–Crippen MR) is 93.8 cm³/mol. The van der Waals surface area contributed by atoms with Crippen LogP contribution < -0.4 is 5.32 Å². The molecule has 6 heteroatoms. The van der Waals surface area contributed by atoms with Gasteiger partial charge in [0, 0.05) is 25.2 Å². The van der Waals surface area contributed by atoms with Gasteiger partial charge in [0.25, 0.3) is 0 Å². The Labute approximate surface area is 142 Å². The van der Waals surface area contributed by atoms with E-state index >= 15 is 0 Å². The van der Waals surface area contributed by atoms with Crippen molar-refractivity contribution >= 4 is 22.6 Å². The van der Waals surface area contributed by atoms with Gasteiger partial charge in [-0.15, -0.1) is 0 Å². The Morgan fingerprint density at radius 3 is 2.83 bits per heavy atom. The second-order valence-corrected chi connectivity index (χ2v) is 6.89. The molecule has 2 N–H and O–H groups in total. The number of fused-ring (bicyclic) bond motifs is 1. The highest BCUT2D eigenvalue weighted by molar-refractivity contribution is 6.31. The molecule has 23 heavy (non-hydrogen) atoms. The lowest BCUT2D eigenvalue weighted by molar-refractivity contribution is 0.120. The monoisotopic (exact) mass is 336 g/mol. The highest BCUT2D eigenvalue weighted by Gasteiger charge is 2.18. The number of hydrogen-bond donors (Lipinski definition) is 2. The molecule has 1 aromatic carbocycles. The molecule has 0 spiro atoms. The molecule has 1 aromatic heterocycles. The van der Waals surface area contributed by atoms with E-state index in [4.69, 9.17) is 11.6 Å². The van der Waals surface area contributed by atoms with Crippen molar-refractivity contribution < 1.29 is 5.11 Å². The van der Waals surface area contributed by atoms with Crippen molar-refractivity contribution in [3.05, 3.63) is 29.0 Å². The summed E-state index contributed by atoms with van der Waals surface area (Å²) in [5, 5.41) is 14.3. The van der Waals surface area contributed by atoms with Crippen molar-refractivity contribution in [2.45, 2.75) is 31.9 Å². The molecule has 0 aliphatic carbocycles. The molecule has 0 radical (unpaired) electrons. The minimum Gasteiger partial charge on any atom is -0.390 e. The van der Waals surface area contributed by atoms with E-state index in [0.29, 0.717) is 11.6 Å². The maximum atomic E-state index is 10.2. The van der Waals surface area contributed by atoms with E-state index in [1.807, 2.05) is 25.2 Å². The maximum Gasteiger partial charge on any atom is 0.126 e. The molecule has 2 heterocycles. The fourth-order valence-corrected chi connectivity index (χ4v) is 3.47. The zero-order valence-electron chi connectivity index (χ0n) is 13.8. The predicted octanol–water partition coefficient (Wildman–Crippen LogP) is 2.33. The lowest BCUT2D eigenvalue weighted by Gasteiger charge is -2.21. The quantitative estimate of drug-likeness (QED) is 0.850. The molecule has 1 aliphatic heterocycles. The smallest absolute Gasteiger partial charge is 0.126 e. The Morgan fingerprint density at radius 2 is 2.09 bits per heavy atom. The van der Waals surface area contributed by atoms with E-state index < -0.39 is 0 Å². The fraction of sp³-hybridized carbons (Fsp3) is 0.588. The van der Waals surface area contributed by atoms with Crippen molar-refractivity contribution in [2.75, 3.05) is 26.2 Å². The van der Waals surface area contributed by atoms with Crippen molar-refractivity contribution in [3.63, 3.8) is 0 Å². The topological polar surface area (TPSA) is 53.3 Å². The van der Waals surface area contributed by atoms with Crippen LogP contribution in [-0.4, -0.2) is 51.8 Å². The molecule has 3 rings (SSSR count). The third-order valence-corrected chi connectivity index (χ3v) is 4.83. The number of nitrogens with one attached hydrogen (secondary N) is 1. The number of hydrogen-bond acceptors (Lipinski definition) is 4. The van der Waals surface area contributed by atoms with Crippen LogP contribution in [0.2, 0.25) is 5.02 Å². The van der Waals surface area contributed by atoms with Crippen LogP contribution in [0.5, 0.6) is 0 Å². The van der Waals surface area contributed by atoms with Crippen LogP contribution >= 0.6 is 11.6 Å². The van der Waals surface area contributed by atoms with Crippen LogP contribution in [0.4, 0.5) is 0 Å². The zero-order valence-corrected chi connectivity index (χ0v) is 14.6. The normalized spacial score (nSPS) is 18.6. The first-order valence-corrected chi connectivity index (χ1v) is 8.68. The number of imidazole rings is 1. The number of β-amino-alcohol motifs (C(OH)–C–C–N with tert-alkyl or cyclic N) is 1. The number of halogens is 1. The third kappa shape index (κ3) is 3.86. The van der Waals surface area contributed by atoms with Gasteiger partial charge in [0.2, 0.25) is 0 Å². The van der Waals surface area contributed by atoms with Gasteiger partial charge in [-0.3, -0.25) is 0 Å². The third-order valence-electron chi connectivity index (χ3n) is 4.59. The average molecular weight is 337 g/mol. The van der Waals surface area contributed by atoms with Crippen LogP contribution in [0.15, 0.2) is 18.2 Å². The summed E-state index contributed by atoms with van der Waals surface area (Å²) >= 11 is 6.07. The number of rotatable bonds is 6. The second kappa shape index (κ2) is 7.18. The molecule has 0 amide bonds. The number of aryl methyl sites for hydroxylation is 1. The number of likely N-dealkylation sites (tertiary alicyclic amines) is 1. The highest BCUT2D eigenvalue weighted by Crippen LogP contribution is 2.22. The Bertz CT molecular complexity index is 666. The minimum atomic E-state index is -0.348. The van der Waals surface area contributed by atoms with Crippen LogP contribution in [0.25, 0.3) is 11.0 Å². The Kier molecular flexibility index (Phi) is 5.21. The summed E-state index contributed by atoms with van der Waals surface area (Å²) in [7, 11) is 2.00. The molecule has 1 aliphatic rings. The van der Waals surface area contributed by atoms with Gasteiger partial charge < -0.3 is 19.9 Å². The number of benzene rings is 1. The van der Waals surface area contributed by atoms with E-state index in [9.17, 15) is 5.11 Å². The lowest BCUT2D eigenvalue weighted by atomic mass is 10.2. The summed E-state index contributed by atoms with van der Waals surface area (Å²) in [6.07, 6.45) is 2.15. The minimum absolute atomic E-state index is 0.0689. The Morgan fingerprint density at radius 1 is 1.35 bits per heavy atom. The van der Waals surface area contributed by atoms with Gasteiger partial charge in [-0.2, -0.15) is 0 Å². The highest BCUT2D eigenvalue weighted by atomic mass is 35.5. The number of aromatic nitrogens is 2. The van der Waals surface area contributed by atoms with Crippen molar-refractivity contribution in [1.82, 2.24) is 19.8 Å². The van der Waals surface area contributed by atoms with Crippen molar-refractivity contribution in [3.8, 4) is 0 Å². The number of aliphatic hydroxyl groups is 1. The Balaban J connectivity index is 1.61. The number of nitrogens with zero attached hydrogens (tertiary/aromatic N) is 3. The van der Waals surface area contributed by atoms with Crippen LogP contribution in [0.1, 0.15) is 31.6 Å². The van der Waals surface area contributed by atoms with Gasteiger partial charge in [0.15, 0.2) is 0 Å². The molecule has 1 saturated heterocycles. The molecular weight excluding hydrogens is 312 g/mol. The van der Waals surface area contributed by atoms with Gasteiger partial charge in [0.1, 0.15) is 5.82 Å². The van der Waals surface area contributed by atoms with Gasteiger partial charge in [-0.05, 0) is 51.1 Å². The zero-order chi connectivity index (χ0) is 16.4. The molecule has 2 unspecified atom stereocenters. The van der Waals surface area contributed by atoms with Crippen LogP contribution in [-0.2, 0) is 7.05 Å². The van der Waals surface area contributed by atoms with Gasteiger partial charge in [-0.25, -0.2) is 4.98 Å². The maximum absolute atomic E-state index is 10.2. The van der Waals surface area contributed by atoms with Crippen LogP contribution in [0, 0.1) is 0 Å². The summed E-state index contributed by atoms with van der Waals surface area (Å²) in [4.78, 5) is 7.01. The standard InChI is InChI=1S/C17H25ClN4O/c1-12(19-10-14(23)11-22-7-3-4-8-22)17-20-15-6-5-13(18)9-16(15)21(17)2/h5-6,9,12,14,19,23H,3-4,7-8,10-11H2,1-2H3. The van der Waals surface area contributed by atoms with Gasteiger partial charge in [0.05, 0.1) is 23.2 Å². The lowest BCUT2D eigenvalue weighted by Crippen LogP contribution is -2.38. The summed E-state index contributed by atoms with van der Waals surface area (Å²) in [6, 6.07) is 5.80. The molecule has 5 nitrogen and oxygen atoms in total. The summed E-state index contributed by atoms with van der Waals surface area (Å²) in [6.45, 7) is 5.61. The van der Waals surface area contributed by atoms with Gasteiger partial charge in [-0.1, -0.05) is 11.6 Å². The molecule has 0 bridgehead atoms. The first-order valence-electron chi connectivity index (χ1n) is 8.30. The first kappa shape index (κ1) is 16.7. The van der Waals surface area contributed by atoms with Crippen LogP contribution in [0.3, 0.4) is 0 Å². The molecule has 2 aromatic rings. The molecule has 1 fully saturated rings. The Hall–Kier alpha value is -1.14. The molecule has 2 atom stereocenters. The van der Waals surface area contributed by atoms with Gasteiger partial charge >= 0.3 is 0 Å².